The number of hydrogen-bond donors (Lipinski definition) is 0. The molecule has 23 heavy (non-hydrogen) atoms. The van der Waals surface area contributed by atoms with Gasteiger partial charge in [-0.05, 0) is 50.8 Å². The van der Waals surface area contributed by atoms with Crippen molar-refractivity contribution in [3.8, 4) is 0 Å². The zero-order valence-electron chi connectivity index (χ0n) is 14.5. The quantitative estimate of drug-likeness (QED) is 0.428. The maximum absolute atomic E-state index is 13.1. The average Bonchev–Trinajstić information content (AvgIpc) is 2.48. The molecule has 132 valence electrons. The van der Waals surface area contributed by atoms with E-state index < -0.39 is 20.4 Å². The van der Waals surface area contributed by atoms with E-state index in [4.69, 9.17) is 13.3 Å². The van der Waals surface area contributed by atoms with Crippen molar-refractivity contribution in [1.82, 2.24) is 0 Å². The van der Waals surface area contributed by atoms with Crippen LogP contribution in [0.2, 0.25) is 6.04 Å². The molecule has 0 spiro atoms. The summed E-state index contributed by atoms with van der Waals surface area (Å²) in [4.78, 5) is 0. The first-order valence-corrected chi connectivity index (χ1v) is 10.1. The summed E-state index contributed by atoms with van der Waals surface area (Å²) < 4.78 is 43.1. The lowest BCUT2D eigenvalue weighted by Crippen LogP contribution is -2.45. The molecule has 0 saturated carbocycles. The van der Waals surface area contributed by atoms with Gasteiger partial charge in [-0.25, -0.2) is 8.78 Å². The van der Waals surface area contributed by atoms with E-state index >= 15 is 0 Å². The molecule has 0 fully saturated rings. The first kappa shape index (κ1) is 20.2. The monoisotopic (exact) mass is 346 g/mol. The van der Waals surface area contributed by atoms with Gasteiger partial charge in [-0.1, -0.05) is 12.8 Å². The van der Waals surface area contributed by atoms with Gasteiger partial charge in [0.2, 0.25) is 0 Å². The summed E-state index contributed by atoms with van der Waals surface area (Å²) in [6, 6.07) is 4.48. The summed E-state index contributed by atoms with van der Waals surface area (Å²) in [6.07, 6.45) is 4.64. The highest BCUT2D eigenvalue weighted by atomic mass is 28.4. The highest BCUT2D eigenvalue weighted by Gasteiger charge is 2.39. The summed E-state index contributed by atoms with van der Waals surface area (Å²) in [7, 11) is 0.726. The summed E-state index contributed by atoms with van der Waals surface area (Å²) >= 11 is 0. The predicted octanol–water partition coefficient (Wildman–Crippen LogP) is 4.72. The Morgan fingerprint density at radius 1 is 0.913 bits per heavy atom. The Bertz CT molecular complexity index is 445. The molecule has 0 aromatic heterocycles. The van der Waals surface area contributed by atoms with Gasteiger partial charge in [0.15, 0.2) is 0 Å². The van der Waals surface area contributed by atoms with Crippen molar-refractivity contribution in [2.45, 2.75) is 58.1 Å². The molecule has 1 aromatic rings. The normalized spacial score (nSPS) is 12.1. The SMILES string of the molecule is CO[Si](CCCCCCc1cc(F)cc(F)c1)(OC)OC(C)C. The van der Waals surface area contributed by atoms with Crippen molar-refractivity contribution < 1.29 is 22.1 Å². The molecule has 1 rings (SSSR count). The lowest BCUT2D eigenvalue weighted by Gasteiger charge is -2.28. The van der Waals surface area contributed by atoms with Gasteiger partial charge in [-0.3, -0.25) is 0 Å². The summed E-state index contributed by atoms with van der Waals surface area (Å²) in [5, 5.41) is 0. The van der Waals surface area contributed by atoms with Crippen molar-refractivity contribution in [2.75, 3.05) is 14.2 Å². The minimum Gasteiger partial charge on any atom is -0.377 e. The fourth-order valence-corrected chi connectivity index (χ4v) is 4.87. The molecule has 3 nitrogen and oxygen atoms in total. The highest BCUT2D eigenvalue weighted by molar-refractivity contribution is 6.60. The van der Waals surface area contributed by atoms with Crippen LogP contribution in [0.3, 0.4) is 0 Å². The van der Waals surface area contributed by atoms with E-state index in [-0.39, 0.29) is 6.10 Å². The summed E-state index contributed by atoms with van der Waals surface area (Å²) in [5.41, 5.74) is 0.711. The molecule has 0 N–H and O–H groups in total. The molecule has 0 unspecified atom stereocenters. The van der Waals surface area contributed by atoms with E-state index in [1.807, 2.05) is 13.8 Å². The third-order valence-electron chi connectivity index (χ3n) is 3.66. The second-order valence-corrected chi connectivity index (χ2v) is 8.87. The number of rotatable bonds is 11. The minimum atomic E-state index is -2.54. The van der Waals surface area contributed by atoms with Crippen LogP contribution in [0.4, 0.5) is 8.78 Å². The standard InChI is InChI=1S/C17H28F2O3Si/c1-14(2)22-23(20-3,21-4)10-8-6-5-7-9-15-11-16(18)13-17(19)12-15/h11-14H,5-10H2,1-4H3. The van der Waals surface area contributed by atoms with Gasteiger partial charge in [0.25, 0.3) is 0 Å². The fraction of sp³-hybridized carbons (Fsp3) is 0.647. The highest BCUT2D eigenvalue weighted by Crippen LogP contribution is 2.21. The largest absolute Gasteiger partial charge is 0.500 e. The lowest BCUT2D eigenvalue weighted by atomic mass is 10.1. The van der Waals surface area contributed by atoms with Gasteiger partial charge in [0.05, 0.1) is 0 Å². The molecule has 0 saturated heterocycles. The van der Waals surface area contributed by atoms with Gasteiger partial charge in [-0.15, -0.1) is 0 Å². The predicted molar refractivity (Wildman–Crippen MR) is 89.3 cm³/mol. The van der Waals surface area contributed by atoms with Crippen molar-refractivity contribution in [3.63, 3.8) is 0 Å². The van der Waals surface area contributed by atoms with Gasteiger partial charge < -0.3 is 13.3 Å². The number of aryl methyl sites for hydroxylation is 1. The first-order chi connectivity index (χ1) is 10.9. The molecule has 0 aliphatic heterocycles. The maximum atomic E-state index is 13.1. The van der Waals surface area contributed by atoms with Crippen LogP contribution in [-0.4, -0.2) is 29.1 Å². The number of unbranched alkanes of at least 4 members (excludes halogenated alkanes) is 3. The van der Waals surface area contributed by atoms with Crippen molar-refractivity contribution in [2.24, 2.45) is 0 Å². The number of hydrogen-bond acceptors (Lipinski definition) is 3. The van der Waals surface area contributed by atoms with Crippen LogP contribution in [0.5, 0.6) is 0 Å². The van der Waals surface area contributed by atoms with Crippen molar-refractivity contribution >= 4 is 8.80 Å². The van der Waals surface area contributed by atoms with E-state index in [0.29, 0.717) is 12.0 Å². The van der Waals surface area contributed by atoms with Gasteiger partial charge in [0.1, 0.15) is 11.6 Å². The number of halogens is 2. The summed E-state index contributed by atoms with van der Waals surface area (Å²) in [6.45, 7) is 3.94. The molecule has 0 amide bonds. The Labute approximate surface area is 139 Å². The third kappa shape index (κ3) is 7.52. The van der Waals surface area contributed by atoms with Gasteiger partial charge in [0, 0.05) is 32.4 Å². The third-order valence-corrected chi connectivity index (χ3v) is 6.70. The Balaban J connectivity index is 2.28. The average molecular weight is 346 g/mol. The van der Waals surface area contributed by atoms with Crippen LogP contribution >= 0.6 is 0 Å². The van der Waals surface area contributed by atoms with Crippen LogP contribution in [0, 0.1) is 11.6 Å². The Kier molecular flexibility index (Phi) is 8.90. The minimum absolute atomic E-state index is 0.0736. The van der Waals surface area contributed by atoms with E-state index in [1.54, 1.807) is 14.2 Å². The molecular formula is C17H28F2O3Si. The summed E-state index contributed by atoms with van der Waals surface area (Å²) in [5.74, 6) is -1.02. The molecule has 0 aliphatic carbocycles. The molecule has 1 aromatic carbocycles. The first-order valence-electron chi connectivity index (χ1n) is 8.14. The maximum Gasteiger partial charge on any atom is 0.500 e. The molecule has 0 radical (unpaired) electrons. The smallest absolute Gasteiger partial charge is 0.377 e. The van der Waals surface area contributed by atoms with E-state index in [2.05, 4.69) is 0 Å². The Morgan fingerprint density at radius 2 is 1.48 bits per heavy atom. The van der Waals surface area contributed by atoms with Crippen molar-refractivity contribution in [3.05, 3.63) is 35.4 Å². The fourth-order valence-electron chi connectivity index (χ4n) is 2.58. The van der Waals surface area contributed by atoms with E-state index in [0.717, 1.165) is 37.8 Å². The zero-order chi connectivity index (χ0) is 17.3. The van der Waals surface area contributed by atoms with Crippen LogP contribution in [0.25, 0.3) is 0 Å². The Hall–Kier alpha value is -0.823. The lowest BCUT2D eigenvalue weighted by molar-refractivity contribution is 0.0693. The van der Waals surface area contributed by atoms with Gasteiger partial charge >= 0.3 is 8.80 Å². The molecule has 0 bridgehead atoms. The van der Waals surface area contributed by atoms with Gasteiger partial charge in [-0.2, -0.15) is 0 Å². The molecule has 6 heteroatoms. The topological polar surface area (TPSA) is 27.7 Å². The zero-order valence-corrected chi connectivity index (χ0v) is 15.5. The molecule has 0 aliphatic rings. The van der Waals surface area contributed by atoms with Crippen LogP contribution in [0.15, 0.2) is 18.2 Å². The van der Waals surface area contributed by atoms with E-state index in [9.17, 15) is 8.78 Å². The molecular weight excluding hydrogens is 318 g/mol. The molecule has 0 heterocycles. The van der Waals surface area contributed by atoms with Crippen molar-refractivity contribution in [1.29, 1.82) is 0 Å². The number of benzene rings is 1. The van der Waals surface area contributed by atoms with Crippen LogP contribution < -0.4 is 0 Å². The Morgan fingerprint density at radius 3 is 2.00 bits per heavy atom. The molecule has 0 atom stereocenters. The second kappa shape index (κ2) is 10.1. The van der Waals surface area contributed by atoms with Crippen LogP contribution in [-0.2, 0) is 19.7 Å². The van der Waals surface area contributed by atoms with E-state index in [1.165, 1.54) is 12.1 Å². The van der Waals surface area contributed by atoms with Crippen LogP contribution in [0.1, 0.15) is 45.1 Å². The second-order valence-electron chi connectivity index (χ2n) is 5.95.